The molecule has 166 valence electrons. The number of nitrogens with zero attached hydrogens (tertiary/aromatic N) is 1. The molecule has 1 saturated heterocycles. The smallest absolute Gasteiger partial charge is 0.263 e. The number of nitrogens with two attached hydrogens (primary N) is 1. The maximum Gasteiger partial charge on any atom is 0.263 e. The zero-order chi connectivity index (χ0) is 22.2. The van der Waals surface area contributed by atoms with E-state index in [1.807, 2.05) is 30.3 Å². The summed E-state index contributed by atoms with van der Waals surface area (Å²) in [5.41, 5.74) is 6.31. The molecule has 1 aromatic heterocycles. The van der Waals surface area contributed by atoms with Crippen LogP contribution in [0.4, 0.5) is 0 Å². The first-order valence-corrected chi connectivity index (χ1v) is 10.3. The third-order valence-corrected chi connectivity index (χ3v) is 4.91. The monoisotopic (exact) mass is 428 g/mol. The molecule has 0 aliphatic carbocycles. The summed E-state index contributed by atoms with van der Waals surface area (Å²) in [6.07, 6.45) is 2.44. The molecule has 0 spiro atoms. The zero-order valence-electron chi connectivity index (χ0n) is 17.5. The quantitative estimate of drug-likeness (QED) is 0.525. The predicted octanol–water partition coefficient (Wildman–Crippen LogP) is 0.466. The Kier molecular flexibility index (Phi) is 7.94. The predicted molar refractivity (Wildman–Crippen MR) is 115 cm³/mol. The van der Waals surface area contributed by atoms with Crippen molar-refractivity contribution in [3.63, 3.8) is 0 Å². The summed E-state index contributed by atoms with van der Waals surface area (Å²) in [5.74, 6) is -0.897. The molecule has 1 aromatic carbocycles. The molecule has 9 nitrogen and oxygen atoms in total. The SMILES string of the molecule is CNC(=O)c1cc(C(=O)NCCCC2OCC(N)CO2)cn(Cc2ccccc2)c1=O. The molecule has 31 heavy (non-hydrogen) atoms. The summed E-state index contributed by atoms with van der Waals surface area (Å²) in [7, 11) is 1.44. The fraction of sp³-hybridized carbons (Fsp3) is 0.409. The van der Waals surface area contributed by atoms with E-state index in [1.54, 1.807) is 0 Å². The van der Waals surface area contributed by atoms with E-state index in [0.29, 0.717) is 32.6 Å². The van der Waals surface area contributed by atoms with Crippen molar-refractivity contribution in [1.82, 2.24) is 15.2 Å². The molecule has 0 saturated carbocycles. The van der Waals surface area contributed by atoms with Gasteiger partial charge < -0.3 is 30.4 Å². The maximum absolute atomic E-state index is 12.7. The summed E-state index contributed by atoms with van der Waals surface area (Å²) < 4.78 is 12.3. The highest BCUT2D eigenvalue weighted by atomic mass is 16.7. The van der Waals surface area contributed by atoms with Gasteiger partial charge in [-0.2, -0.15) is 0 Å². The third-order valence-electron chi connectivity index (χ3n) is 4.91. The molecule has 2 aromatic rings. The molecular formula is C22H28N4O5. The first kappa shape index (κ1) is 22.7. The Morgan fingerprint density at radius 2 is 1.87 bits per heavy atom. The van der Waals surface area contributed by atoms with Gasteiger partial charge in [-0.25, -0.2) is 0 Å². The second-order valence-electron chi connectivity index (χ2n) is 7.39. The third kappa shape index (κ3) is 6.24. The molecule has 2 heterocycles. The fourth-order valence-electron chi connectivity index (χ4n) is 3.25. The van der Waals surface area contributed by atoms with E-state index in [2.05, 4.69) is 10.6 Å². The minimum absolute atomic E-state index is 0.0774. The second-order valence-corrected chi connectivity index (χ2v) is 7.39. The fourth-order valence-corrected chi connectivity index (χ4v) is 3.25. The van der Waals surface area contributed by atoms with Gasteiger partial charge in [-0.3, -0.25) is 14.4 Å². The second kappa shape index (κ2) is 10.9. The minimum Gasteiger partial charge on any atom is -0.355 e. The number of carbonyl (C=O) groups excluding carboxylic acids is 2. The van der Waals surface area contributed by atoms with Gasteiger partial charge in [0.15, 0.2) is 6.29 Å². The van der Waals surface area contributed by atoms with E-state index < -0.39 is 11.5 Å². The molecule has 1 fully saturated rings. The number of pyridine rings is 1. The van der Waals surface area contributed by atoms with E-state index in [-0.39, 0.29) is 35.9 Å². The summed E-state index contributed by atoms with van der Waals surface area (Å²) in [4.78, 5) is 37.6. The number of ether oxygens (including phenoxy) is 2. The van der Waals surface area contributed by atoms with Gasteiger partial charge in [0.2, 0.25) is 0 Å². The summed E-state index contributed by atoms with van der Waals surface area (Å²) in [6.45, 7) is 1.58. The van der Waals surface area contributed by atoms with Crippen LogP contribution in [0.5, 0.6) is 0 Å². The average Bonchev–Trinajstić information content (AvgIpc) is 2.79. The van der Waals surface area contributed by atoms with E-state index in [4.69, 9.17) is 15.2 Å². The molecule has 9 heteroatoms. The van der Waals surface area contributed by atoms with Crippen molar-refractivity contribution in [3.05, 3.63) is 69.6 Å². The lowest BCUT2D eigenvalue weighted by Crippen LogP contribution is -2.41. The van der Waals surface area contributed by atoms with Crippen molar-refractivity contribution < 1.29 is 19.1 Å². The van der Waals surface area contributed by atoms with Crippen LogP contribution in [0.15, 0.2) is 47.4 Å². The number of carbonyl (C=O) groups is 2. The standard InChI is InChI=1S/C22H28N4O5/c1-24-21(28)18-10-16(12-26(22(18)29)11-15-6-3-2-4-7-15)20(27)25-9-5-8-19-30-13-17(23)14-31-19/h2-4,6-7,10,12,17,19H,5,8-9,11,13-14,23H2,1H3,(H,24,28)(H,25,27). The summed E-state index contributed by atoms with van der Waals surface area (Å²) >= 11 is 0. The molecule has 0 atom stereocenters. The van der Waals surface area contributed by atoms with Crippen LogP contribution in [0.1, 0.15) is 39.1 Å². The number of hydrogen-bond donors (Lipinski definition) is 3. The molecule has 2 amide bonds. The molecule has 0 unspecified atom stereocenters. The molecule has 0 bridgehead atoms. The molecule has 0 radical (unpaired) electrons. The van der Waals surface area contributed by atoms with Gasteiger partial charge in [-0.1, -0.05) is 30.3 Å². The highest BCUT2D eigenvalue weighted by Crippen LogP contribution is 2.10. The van der Waals surface area contributed by atoms with Gasteiger partial charge in [0, 0.05) is 26.2 Å². The van der Waals surface area contributed by atoms with Gasteiger partial charge in [-0.15, -0.1) is 0 Å². The van der Waals surface area contributed by atoms with Crippen LogP contribution < -0.4 is 21.9 Å². The average molecular weight is 428 g/mol. The highest BCUT2D eigenvalue weighted by Gasteiger charge is 2.20. The number of benzene rings is 1. The van der Waals surface area contributed by atoms with Gasteiger partial charge in [-0.05, 0) is 18.1 Å². The largest absolute Gasteiger partial charge is 0.355 e. The Bertz CT molecular complexity index is 952. The van der Waals surface area contributed by atoms with Crippen molar-refractivity contribution in [3.8, 4) is 0 Å². The van der Waals surface area contributed by atoms with Crippen molar-refractivity contribution in [1.29, 1.82) is 0 Å². The highest BCUT2D eigenvalue weighted by molar-refractivity contribution is 5.99. The molecular weight excluding hydrogens is 400 g/mol. The van der Waals surface area contributed by atoms with Crippen molar-refractivity contribution in [2.24, 2.45) is 5.73 Å². The topological polar surface area (TPSA) is 125 Å². The summed E-state index contributed by atoms with van der Waals surface area (Å²) in [6, 6.07) is 10.6. The Morgan fingerprint density at radius 3 is 2.55 bits per heavy atom. The van der Waals surface area contributed by atoms with Crippen molar-refractivity contribution in [2.45, 2.75) is 31.7 Å². The number of aromatic nitrogens is 1. The molecule has 3 rings (SSSR count). The lowest BCUT2D eigenvalue weighted by atomic mass is 10.1. The minimum atomic E-state index is -0.536. The van der Waals surface area contributed by atoms with Crippen LogP contribution in [-0.2, 0) is 16.0 Å². The molecule has 1 aliphatic rings. The number of rotatable bonds is 8. The van der Waals surface area contributed by atoms with Crippen LogP contribution in [0.2, 0.25) is 0 Å². The molecule has 1 aliphatic heterocycles. The zero-order valence-corrected chi connectivity index (χ0v) is 17.5. The van der Waals surface area contributed by atoms with Crippen LogP contribution in [-0.4, -0.2) is 55.5 Å². The lowest BCUT2D eigenvalue weighted by molar-refractivity contribution is -0.188. The maximum atomic E-state index is 12.7. The first-order chi connectivity index (χ1) is 15.0. The van der Waals surface area contributed by atoms with Crippen molar-refractivity contribution in [2.75, 3.05) is 26.8 Å². The van der Waals surface area contributed by atoms with Gasteiger partial charge >= 0.3 is 0 Å². The number of hydrogen-bond acceptors (Lipinski definition) is 6. The van der Waals surface area contributed by atoms with Crippen LogP contribution >= 0.6 is 0 Å². The number of amides is 2. The van der Waals surface area contributed by atoms with E-state index >= 15 is 0 Å². The first-order valence-electron chi connectivity index (χ1n) is 10.3. The van der Waals surface area contributed by atoms with Crippen LogP contribution in [0.25, 0.3) is 0 Å². The Balaban J connectivity index is 1.67. The van der Waals surface area contributed by atoms with Gasteiger partial charge in [0.05, 0.1) is 31.4 Å². The lowest BCUT2D eigenvalue weighted by Gasteiger charge is -2.27. The van der Waals surface area contributed by atoms with Crippen LogP contribution in [0, 0.1) is 0 Å². The Hall–Kier alpha value is -3.01. The molecule has 4 N–H and O–H groups in total. The van der Waals surface area contributed by atoms with E-state index in [0.717, 1.165) is 5.56 Å². The van der Waals surface area contributed by atoms with Gasteiger partial charge in [0.25, 0.3) is 17.4 Å². The normalized spacial score (nSPS) is 18.4. The van der Waals surface area contributed by atoms with Crippen LogP contribution in [0.3, 0.4) is 0 Å². The number of nitrogens with one attached hydrogen (secondary N) is 2. The van der Waals surface area contributed by atoms with E-state index in [1.165, 1.54) is 23.9 Å². The summed E-state index contributed by atoms with van der Waals surface area (Å²) in [5, 5.41) is 5.27. The Labute approximate surface area is 180 Å². The Morgan fingerprint density at radius 1 is 1.16 bits per heavy atom. The van der Waals surface area contributed by atoms with E-state index in [9.17, 15) is 14.4 Å². The van der Waals surface area contributed by atoms with Gasteiger partial charge in [0.1, 0.15) is 5.56 Å². The van der Waals surface area contributed by atoms with Crippen molar-refractivity contribution >= 4 is 11.8 Å².